The predicted octanol–water partition coefficient (Wildman–Crippen LogP) is 13.0. The fourth-order valence-corrected chi connectivity index (χ4v) is 14.6. The number of fused-ring (bicyclic) bond motifs is 6. The van der Waals surface area contributed by atoms with Crippen molar-refractivity contribution < 1.29 is 0 Å². The van der Waals surface area contributed by atoms with Gasteiger partial charge < -0.3 is 0 Å². The van der Waals surface area contributed by atoms with Crippen LogP contribution in [-0.2, 0) is 0 Å². The van der Waals surface area contributed by atoms with E-state index in [-0.39, 0.29) is 0 Å². The smallest absolute Gasteiger partial charge is 0.0706 e. The Kier molecular flexibility index (Phi) is 6.03. The normalized spacial score (nSPS) is 30.6. The lowest BCUT2D eigenvalue weighted by Gasteiger charge is -2.42. The summed E-state index contributed by atoms with van der Waals surface area (Å²) in [5.74, 6) is 5.36. The molecule has 4 bridgehead atoms. The van der Waals surface area contributed by atoms with Gasteiger partial charge in [0.2, 0.25) is 0 Å². The van der Waals surface area contributed by atoms with Gasteiger partial charge in [0.25, 0.3) is 0 Å². The monoisotopic (exact) mass is 644 g/mol. The summed E-state index contributed by atoms with van der Waals surface area (Å²) >= 11 is 7.97. The third-order valence-corrected chi connectivity index (χ3v) is 17.1. The fraction of sp³-hybridized carbons (Fsp3) is 0.350. The summed E-state index contributed by atoms with van der Waals surface area (Å²) in [4.78, 5) is 5.72. The maximum Gasteiger partial charge on any atom is 0.0706 e. The summed E-state index contributed by atoms with van der Waals surface area (Å²) in [5.41, 5.74) is 6.37. The van der Waals surface area contributed by atoms with Gasteiger partial charge in [0.05, 0.1) is 8.47 Å². The molecule has 8 aliphatic rings. The molecule has 6 unspecified atom stereocenters. The standard InChI is InChI=1S/C40H36S4/c1-19(2)29-9-21-5-7-27(29)33-13-25-17-37-35(15-23(25)11-31(21)33)41-39(43-37)40-42-36-16-24-12-32-22-6-8-28(30(10-22)20(3)4)34(32)14-26(24)18-38(36)44-40/h5-8,11-22,27-30H,9-10H2,1-4H3/b40-39+. The van der Waals surface area contributed by atoms with Gasteiger partial charge >= 0.3 is 0 Å². The summed E-state index contributed by atoms with van der Waals surface area (Å²) in [5, 5.41) is 5.66. The maximum absolute atomic E-state index is 2.54. The second-order valence-corrected chi connectivity index (χ2v) is 19.3. The molecule has 0 amide bonds. The van der Waals surface area contributed by atoms with Crippen LogP contribution in [0.5, 0.6) is 0 Å². The highest BCUT2D eigenvalue weighted by Crippen LogP contribution is 2.63. The molecule has 0 fully saturated rings. The van der Waals surface area contributed by atoms with Crippen molar-refractivity contribution in [1.29, 1.82) is 0 Å². The van der Waals surface area contributed by atoms with E-state index in [2.05, 4.69) is 101 Å². The second kappa shape index (κ2) is 9.77. The molecular weight excluding hydrogens is 609 g/mol. The third-order valence-electron chi connectivity index (χ3n) is 11.5. The predicted molar refractivity (Wildman–Crippen MR) is 193 cm³/mol. The molecule has 0 N–H and O–H groups in total. The highest BCUT2D eigenvalue weighted by Gasteiger charge is 2.39. The summed E-state index contributed by atoms with van der Waals surface area (Å²) in [6.07, 6.45) is 12.6. The van der Waals surface area contributed by atoms with E-state index in [4.69, 9.17) is 0 Å². The largest absolute Gasteiger partial charge is 0.0804 e. The highest BCUT2D eigenvalue weighted by atomic mass is 32.2. The second-order valence-electron chi connectivity index (χ2n) is 14.6. The molecule has 0 saturated carbocycles. The Balaban J connectivity index is 0.972. The lowest BCUT2D eigenvalue weighted by atomic mass is 9.62. The zero-order valence-electron chi connectivity index (χ0n) is 25.6. The molecule has 4 aromatic rings. The average molecular weight is 645 g/mol. The lowest BCUT2D eigenvalue weighted by molar-refractivity contribution is 0.287. The van der Waals surface area contributed by atoms with Crippen molar-refractivity contribution in [2.24, 2.45) is 23.7 Å². The van der Waals surface area contributed by atoms with E-state index in [1.807, 2.05) is 47.0 Å². The van der Waals surface area contributed by atoms with E-state index >= 15 is 0 Å². The van der Waals surface area contributed by atoms with Gasteiger partial charge in [-0.2, -0.15) is 0 Å². The molecule has 12 rings (SSSR count). The molecule has 0 saturated heterocycles. The Morgan fingerprint density at radius 1 is 0.455 bits per heavy atom. The quantitative estimate of drug-likeness (QED) is 0.199. The van der Waals surface area contributed by atoms with Crippen LogP contribution in [0.1, 0.15) is 86.5 Å². The summed E-state index contributed by atoms with van der Waals surface area (Å²) in [7, 11) is 0. The van der Waals surface area contributed by atoms with E-state index < -0.39 is 0 Å². The van der Waals surface area contributed by atoms with Crippen molar-refractivity contribution >= 4 is 68.6 Å². The molecule has 0 aromatic heterocycles. The summed E-state index contributed by atoms with van der Waals surface area (Å²) in [6, 6.07) is 20.1. The number of benzene rings is 4. The van der Waals surface area contributed by atoms with Crippen molar-refractivity contribution in [2.75, 3.05) is 0 Å². The zero-order valence-corrected chi connectivity index (χ0v) is 28.9. The SMILES string of the molecule is CC(C)C1CC2C=CC1c1cc3cc4c(cc3cc12)S/C(=C1/Sc2cc3cc5c(cc3cc2S1)C1C=CC5CC1C(C)C)S4. The molecule has 6 atom stereocenters. The highest BCUT2D eigenvalue weighted by molar-refractivity contribution is 8.30. The molecule has 4 aromatic carbocycles. The lowest BCUT2D eigenvalue weighted by Crippen LogP contribution is -2.29. The Labute approximate surface area is 278 Å². The molecule has 2 heterocycles. The van der Waals surface area contributed by atoms with Crippen LogP contribution in [0.25, 0.3) is 21.5 Å². The van der Waals surface area contributed by atoms with Crippen LogP contribution >= 0.6 is 47.0 Å². The van der Waals surface area contributed by atoms with Crippen LogP contribution in [0.15, 0.2) is 101 Å². The molecule has 44 heavy (non-hydrogen) atoms. The van der Waals surface area contributed by atoms with Crippen molar-refractivity contribution in [2.45, 2.75) is 83.8 Å². The number of thioether (sulfide) groups is 4. The Bertz CT molecular complexity index is 1880. The third kappa shape index (κ3) is 3.96. The molecular formula is C40H36S4. The number of allylic oxidation sites excluding steroid dienone is 4. The first kappa shape index (κ1) is 27.2. The van der Waals surface area contributed by atoms with Gasteiger partial charge in [-0.1, -0.05) is 123 Å². The van der Waals surface area contributed by atoms with E-state index in [0.717, 1.165) is 23.7 Å². The number of rotatable bonds is 2. The Morgan fingerprint density at radius 3 is 1.14 bits per heavy atom. The molecule has 2 aliphatic heterocycles. The van der Waals surface area contributed by atoms with E-state index in [9.17, 15) is 0 Å². The maximum atomic E-state index is 2.54. The van der Waals surface area contributed by atoms with Gasteiger partial charge in [0, 0.05) is 43.3 Å². The van der Waals surface area contributed by atoms with Crippen LogP contribution in [0, 0.1) is 23.7 Å². The first-order chi connectivity index (χ1) is 21.4. The van der Waals surface area contributed by atoms with Crippen molar-refractivity contribution in [3.8, 4) is 0 Å². The molecule has 220 valence electrons. The summed E-state index contributed by atoms with van der Waals surface area (Å²) < 4.78 is 2.91. The Hall–Kier alpha value is -1.98. The number of hydrogen-bond donors (Lipinski definition) is 0. The van der Waals surface area contributed by atoms with Gasteiger partial charge in [-0.15, -0.1) is 0 Å². The molecule has 0 radical (unpaired) electrons. The Morgan fingerprint density at radius 2 is 0.795 bits per heavy atom. The minimum atomic E-state index is 0.585. The zero-order chi connectivity index (χ0) is 29.4. The number of hydrogen-bond acceptors (Lipinski definition) is 4. The van der Waals surface area contributed by atoms with E-state index in [1.54, 1.807) is 22.3 Å². The van der Waals surface area contributed by atoms with Crippen LogP contribution in [-0.4, -0.2) is 0 Å². The first-order valence-corrected chi connectivity index (χ1v) is 19.7. The van der Waals surface area contributed by atoms with Gasteiger partial charge in [0.1, 0.15) is 0 Å². The minimum absolute atomic E-state index is 0.585. The van der Waals surface area contributed by atoms with Gasteiger partial charge in [-0.25, -0.2) is 0 Å². The summed E-state index contributed by atoms with van der Waals surface area (Å²) in [6.45, 7) is 9.63. The fourth-order valence-electron chi connectivity index (χ4n) is 9.17. The van der Waals surface area contributed by atoms with E-state index in [0.29, 0.717) is 23.7 Å². The first-order valence-electron chi connectivity index (χ1n) is 16.4. The van der Waals surface area contributed by atoms with Gasteiger partial charge in [-0.3, -0.25) is 0 Å². The van der Waals surface area contributed by atoms with Crippen LogP contribution in [0.4, 0.5) is 0 Å². The van der Waals surface area contributed by atoms with E-state index in [1.165, 1.54) is 62.4 Å². The van der Waals surface area contributed by atoms with Gasteiger partial charge in [-0.05, 0) is 105 Å². The molecule has 0 nitrogen and oxygen atoms in total. The van der Waals surface area contributed by atoms with Crippen LogP contribution in [0.3, 0.4) is 0 Å². The topological polar surface area (TPSA) is 0 Å². The van der Waals surface area contributed by atoms with Gasteiger partial charge in [0.15, 0.2) is 0 Å². The average Bonchev–Trinajstić information content (AvgIpc) is 3.64. The molecule has 4 heteroatoms. The van der Waals surface area contributed by atoms with Crippen molar-refractivity contribution in [3.63, 3.8) is 0 Å². The van der Waals surface area contributed by atoms with Crippen LogP contribution in [0.2, 0.25) is 0 Å². The molecule has 0 spiro atoms. The van der Waals surface area contributed by atoms with Crippen LogP contribution < -0.4 is 0 Å². The van der Waals surface area contributed by atoms with Crippen molar-refractivity contribution in [3.05, 3.63) is 104 Å². The minimum Gasteiger partial charge on any atom is -0.0804 e. The van der Waals surface area contributed by atoms with Crippen molar-refractivity contribution in [1.82, 2.24) is 0 Å². The molecule has 6 aliphatic carbocycles.